The molecule has 0 aliphatic carbocycles. The van der Waals surface area contributed by atoms with E-state index in [2.05, 4.69) is 27.9 Å². The molecular weight excluding hydrogens is 244 g/mol. The molecule has 0 aliphatic rings. The minimum Gasteiger partial charge on any atom is -0.327 e. The molecule has 0 saturated heterocycles. The number of hydrogen-bond acceptors (Lipinski definition) is 5. The van der Waals surface area contributed by atoms with Crippen molar-refractivity contribution in [2.45, 2.75) is 35.9 Å². The first-order chi connectivity index (χ1) is 8.78. The van der Waals surface area contributed by atoms with E-state index in [1.54, 1.807) is 18.6 Å². The van der Waals surface area contributed by atoms with Gasteiger partial charge in [-0.15, -0.1) is 0 Å². The van der Waals surface area contributed by atoms with Gasteiger partial charge in [-0.05, 0) is 36.2 Å². The van der Waals surface area contributed by atoms with Crippen LogP contribution in [0.4, 0.5) is 0 Å². The zero-order valence-electron chi connectivity index (χ0n) is 10.3. The van der Waals surface area contributed by atoms with Crippen molar-refractivity contribution in [1.29, 1.82) is 0 Å². The molecule has 0 spiro atoms. The third-order valence-electron chi connectivity index (χ3n) is 2.57. The number of nitrogens with two attached hydrogens (primary N) is 1. The summed E-state index contributed by atoms with van der Waals surface area (Å²) in [4.78, 5) is 12.6. The van der Waals surface area contributed by atoms with E-state index in [1.807, 2.05) is 12.3 Å². The summed E-state index contributed by atoms with van der Waals surface area (Å²) >= 11 is 1.50. The highest BCUT2D eigenvalue weighted by molar-refractivity contribution is 7.99. The molecular formula is C13H16N4S. The van der Waals surface area contributed by atoms with Crippen LogP contribution in [0.2, 0.25) is 0 Å². The van der Waals surface area contributed by atoms with E-state index in [4.69, 9.17) is 5.73 Å². The van der Waals surface area contributed by atoms with Gasteiger partial charge in [0.15, 0.2) is 0 Å². The summed E-state index contributed by atoms with van der Waals surface area (Å²) in [6, 6.07) is 4.28. The molecule has 5 heteroatoms. The van der Waals surface area contributed by atoms with Crippen LogP contribution in [0.3, 0.4) is 0 Å². The fraction of sp³-hybridized carbons (Fsp3) is 0.308. The van der Waals surface area contributed by atoms with Gasteiger partial charge in [-0.25, -0.2) is 9.97 Å². The Morgan fingerprint density at radius 1 is 1.17 bits per heavy atom. The molecule has 2 rings (SSSR count). The number of hydrogen-bond donors (Lipinski definition) is 1. The zero-order chi connectivity index (χ0) is 12.8. The Hall–Kier alpha value is -1.46. The molecule has 0 saturated carbocycles. The van der Waals surface area contributed by atoms with Crippen LogP contribution in [0.5, 0.6) is 0 Å². The van der Waals surface area contributed by atoms with E-state index < -0.39 is 0 Å². The van der Waals surface area contributed by atoms with Crippen LogP contribution in [0.25, 0.3) is 0 Å². The number of rotatable bonds is 5. The Balaban J connectivity index is 2.00. The Morgan fingerprint density at radius 3 is 2.67 bits per heavy atom. The topological polar surface area (TPSA) is 64.7 Å². The number of pyridine rings is 1. The van der Waals surface area contributed by atoms with Gasteiger partial charge in [-0.1, -0.05) is 13.0 Å². The summed E-state index contributed by atoms with van der Waals surface area (Å²) in [5, 5.41) is 1.77. The van der Waals surface area contributed by atoms with E-state index in [9.17, 15) is 0 Å². The van der Waals surface area contributed by atoms with Crippen LogP contribution in [0, 0.1) is 0 Å². The first kappa shape index (κ1) is 13.0. The highest BCUT2D eigenvalue weighted by Crippen LogP contribution is 2.22. The first-order valence-corrected chi connectivity index (χ1v) is 6.74. The summed E-state index contributed by atoms with van der Waals surface area (Å²) in [5.74, 6) is 0. The van der Waals surface area contributed by atoms with Gasteiger partial charge in [0.1, 0.15) is 10.1 Å². The van der Waals surface area contributed by atoms with Gasteiger partial charge < -0.3 is 5.73 Å². The predicted octanol–water partition coefficient (Wildman–Crippen LogP) is 2.30. The van der Waals surface area contributed by atoms with Crippen LogP contribution in [-0.2, 0) is 6.42 Å². The van der Waals surface area contributed by atoms with Crippen LogP contribution in [-0.4, -0.2) is 21.0 Å². The monoisotopic (exact) mass is 260 g/mol. The summed E-state index contributed by atoms with van der Waals surface area (Å²) in [6.07, 6.45) is 8.81. The van der Waals surface area contributed by atoms with Gasteiger partial charge in [-0.2, -0.15) is 0 Å². The van der Waals surface area contributed by atoms with Crippen molar-refractivity contribution >= 4 is 11.8 Å². The van der Waals surface area contributed by atoms with Gasteiger partial charge in [0, 0.05) is 24.6 Å². The van der Waals surface area contributed by atoms with E-state index >= 15 is 0 Å². The molecule has 18 heavy (non-hydrogen) atoms. The maximum Gasteiger partial charge on any atom is 0.121 e. The summed E-state index contributed by atoms with van der Waals surface area (Å²) in [7, 11) is 0. The van der Waals surface area contributed by atoms with Crippen molar-refractivity contribution < 1.29 is 0 Å². The van der Waals surface area contributed by atoms with E-state index in [1.165, 1.54) is 17.3 Å². The number of nitrogens with zero attached hydrogens (tertiary/aromatic N) is 3. The van der Waals surface area contributed by atoms with Crippen LogP contribution >= 0.6 is 11.8 Å². The zero-order valence-corrected chi connectivity index (χ0v) is 11.1. The van der Waals surface area contributed by atoms with Crippen molar-refractivity contribution in [1.82, 2.24) is 15.0 Å². The summed E-state index contributed by atoms with van der Waals surface area (Å²) in [6.45, 7) is 2.09. The van der Waals surface area contributed by atoms with Crippen molar-refractivity contribution in [2.75, 3.05) is 0 Å². The van der Waals surface area contributed by atoms with Gasteiger partial charge in [0.2, 0.25) is 0 Å². The third kappa shape index (κ3) is 3.78. The van der Waals surface area contributed by atoms with Crippen molar-refractivity contribution in [3.05, 3.63) is 42.5 Å². The number of aromatic nitrogens is 3. The first-order valence-electron chi connectivity index (χ1n) is 5.92. The van der Waals surface area contributed by atoms with E-state index in [-0.39, 0.29) is 6.04 Å². The van der Waals surface area contributed by atoms with Crippen LogP contribution in [0.1, 0.15) is 18.9 Å². The third-order valence-corrected chi connectivity index (χ3v) is 3.44. The van der Waals surface area contributed by atoms with Crippen molar-refractivity contribution in [3.8, 4) is 0 Å². The fourth-order valence-corrected chi connectivity index (χ4v) is 2.17. The standard InChI is InChI=1S/C13H16N4S/c1-2-11(14)7-10-3-4-12(17-8-10)18-13-9-15-5-6-16-13/h3-6,8-9,11H,2,7,14H2,1H3. The second-order valence-electron chi connectivity index (χ2n) is 4.02. The lowest BCUT2D eigenvalue weighted by Gasteiger charge is -2.08. The minimum atomic E-state index is 0.213. The molecule has 0 fully saturated rings. The lowest BCUT2D eigenvalue weighted by molar-refractivity contribution is 0.644. The summed E-state index contributed by atoms with van der Waals surface area (Å²) in [5.41, 5.74) is 7.09. The molecule has 2 heterocycles. The predicted molar refractivity (Wildman–Crippen MR) is 72.4 cm³/mol. The molecule has 94 valence electrons. The average Bonchev–Trinajstić information content (AvgIpc) is 2.42. The highest BCUT2D eigenvalue weighted by atomic mass is 32.2. The molecule has 0 aliphatic heterocycles. The summed E-state index contributed by atoms with van der Waals surface area (Å²) < 4.78 is 0. The normalized spacial score (nSPS) is 12.3. The smallest absolute Gasteiger partial charge is 0.121 e. The van der Waals surface area contributed by atoms with Gasteiger partial charge in [-0.3, -0.25) is 4.98 Å². The highest BCUT2D eigenvalue weighted by Gasteiger charge is 2.03. The van der Waals surface area contributed by atoms with Crippen molar-refractivity contribution in [2.24, 2.45) is 5.73 Å². The molecule has 1 atom stereocenters. The minimum absolute atomic E-state index is 0.213. The molecule has 0 aromatic carbocycles. The molecule has 1 unspecified atom stereocenters. The Kier molecular flexibility index (Phi) is 4.66. The van der Waals surface area contributed by atoms with Gasteiger partial charge >= 0.3 is 0 Å². The second kappa shape index (κ2) is 6.47. The Morgan fingerprint density at radius 2 is 2.06 bits per heavy atom. The lowest BCUT2D eigenvalue weighted by Crippen LogP contribution is -2.21. The Bertz CT molecular complexity index is 472. The van der Waals surface area contributed by atoms with Crippen LogP contribution in [0.15, 0.2) is 47.0 Å². The lowest BCUT2D eigenvalue weighted by atomic mass is 10.1. The fourth-order valence-electron chi connectivity index (χ4n) is 1.48. The molecule has 2 aromatic heterocycles. The van der Waals surface area contributed by atoms with E-state index in [0.29, 0.717) is 0 Å². The maximum absolute atomic E-state index is 5.92. The second-order valence-corrected chi connectivity index (χ2v) is 5.06. The van der Waals surface area contributed by atoms with Gasteiger partial charge in [0.25, 0.3) is 0 Å². The van der Waals surface area contributed by atoms with Crippen LogP contribution < -0.4 is 5.73 Å². The largest absolute Gasteiger partial charge is 0.327 e. The van der Waals surface area contributed by atoms with Gasteiger partial charge in [0.05, 0.1) is 6.20 Å². The molecule has 2 aromatic rings. The molecule has 4 nitrogen and oxygen atoms in total. The maximum atomic E-state index is 5.92. The van der Waals surface area contributed by atoms with E-state index in [0.717, 1.165) is 22.9 Å². The quantitative estimate of drug-likeness (QED) is 0.893. The van der Waals surface area contributed by atoms with Crippen molar-refractivity contribution in [3.63, 3.8) is 0 Å². The molecule has 2 N–H and O–H groups in total. The molecule has 0 radical (unpaired) electrons. The Labute approximate surface area is 111 Å². The molecule has 0 amide bonds. The average molecular weight is 260 g/mol. The SMILES string of the molecule is CCC(N)Cc1ccc(Sc2cnccn2)nc1. The molecule has 0 bridgehead atoms.